The predicted octanol–water partition coefficient (Wildman–Crippen LogP) is 2.04. The van der Waals surface area contributed by atoms with Crippen LogP contribution in [0.5, 0.6) is 0 Å². The Morgan fingerprint density at radius 2 is 2.05 bits per heavy atom. The third-order valence-corrected chi connectivity index (χ3v) is 3.16. The SMILES string of the molecule is COC(=O)C[C@H](NC(=O)CN)c1cc(C(F)(F)F)ccc1Cl. The van der Waals surface area contributed by atoms with E-state index in [0.29, 0.717) is 0 Å². The first-order chi connectivity index (χ1) is 10.2. The van der Waals surface area contributed by atoms with Crippen molar-refractivity contribution in [2.75, 3.05) is 13.7 Å². The Bertz CT molecular complexity index is 546. The Labute approximate surface area is 129 Å². The summed E-state index contributed by atoms with van der Waals surface area (Å²) in [6.07, 6.45) is -4.95. The summed E-state index contributed by atoms with van der Waals surface area (Å²) in [6.45, 7) is -0.381. The number of nitrogens with two attached hydrogens (primary N) is 1. The zero-order chi connectivity index (χ0) is 16.9. The lowest BCUT2D eigenvalue weighted by Crippen LogP contribution is -2.35. The number of benzene rings is 1. The quantitative estimate of drug-likeness (QED) is 0.805. The highest BCUT2D eigenvalue weighted by Gasteiger charge is 2.32. The van der Waals surface area contributed by atoms with Crippen molar-refractivity contribution in [2.45, 2.75) is 18.6 Å². The van der Waals surface area contributed by atoms with Gasteiger partial charge in [0.2, 0.25) is 5.91 Å². The molecule has 1 atom stereocenters. The normalized spacial score (nSPS) is 12.6. The summed E-state index contributed by atoms with van der Waals surface area (Å²) >= 11 is 5.89. The van der Waals surface area contributed by atoms with Crippen LogP contribution >= 0.6 is 11.6 Å². The van der Waals surface area contributed by atoms with Crippen molar-refractivity contribution >= 4 is 23.5 Å². The Morgan fingerprint density at radius 3 is 2.55 bits per heavy atom. The molecule has 1 aromatic carbocycles. The molecule has 0 aromatic heterocycles. The number of rotatable bonds is 5. The third kappa shape index (κ3) is 4.88. The Kier molecular flexibility index (Phi) is 6.19. The molecular formula is C13H14ClF3N2O3. The summed E-state index contributed by atoms with van der Waals surface area (Å²) < 4.78 is 42.8. The molecule has 0 aliphatic heterocycles. The number of ether oxygens (including phenoxy) is 1. The molecule has 0 aliphatic carbocycles. The largest absolute Gasteiger partial charge is 0.469 e. The van der Waals surface area contributed by atoms with E-state index in [-0.39, 0.29) is 23.6 Å². The molecule has 0 saturated carbocycles. The van der Waals surface area contributed by atoms with Crippen LogP contribution in [0.1, 0.15) is 23.6 Å². The molecule has 1 aromatic rings. The van der Waals surface area contributed by atoms with Crippen LogP contribution in [-0.4, -0.2) is 25.5 Å². The topological polar surface area (TPSA) is 81.4 Å². The smallest absolute Gasteiger partial charge is 0.416 e. The Balaban J connectivity index is 3.22. The van der Waals surface area contributed by atoms with Gasteiger partial charge in [0, 0.05) is 5.02 Å². The highest BCUT2D eigenvalue weighted by Crippen LogP contribution is 2.34. The van der Waals surface area contributed by atoms with Crippen molar-refractivity contribution in [3.8, 4) is 0 Å². The minimum Gasteiger partial charge on any atom is -0.469 e. The van der Waals surface area contributed by atoms with Crippen molar-refractivity contribution < 1.29 is 27.5 Å². The van der Waals surface area contributed by atoms with Crippen LogP contribution in [-0.2, 0) is 20.5 Å². The molecular weight excluding hydrogens is 325 g/mol. The molecule has 5 nitrogen and oxygen atoms in total. The average molecular weight is 339 g/mol. The van der Waals surface area contributed by atoms with Crippen LogP contribution in [0, 0.1) is 0 Å². The molecule has 3 N–H and O–H groups in total. The van der Waals surface area contributed by atoms with E-state index in [1.54, 1.807) is 0 Å². The molecule has 9 heteroatoms. The summed E-state index contributed by atoms with van der Waals surface area (Å²) in [5, 5.41) is 2.34. The molecule has 0 aliphatic rings. The maximum atomic E-state index is 12.8. The summed E-state index contributed by atoms with van der Waals surface area (Å²) in [6, 6.07) is 1.58. The second-order valence-electron chi connectivity index (χ2n) is 4.34. The fraction of sp³-hybridized carbons (Fsp3) is 0.385. The summed E-state index contributed by atoms with van der Waals surface area (Å²) in [7, 11) is 1.12. The van der Waals surface area contributed by atoms with Gasteiger partial charge in [-0.1, -0.05) is 11.6 Å². The molecule has 0 bridgehead atoms. The molecule has 0 unspecified atom stereocenters. The summed E-state index contributed by atoms with van der Waals surface area (Å²) in [5.41, 5.74) is 4.18. The van der Waals surface area contributed by atoms with Crippen molar-refractivity contribution in [3.05, 3.63) is 34.3 Å². The lowest BCUT2D eigenvalue weighted by molar-refractivity contribution is -0.141. The summed E-state index contributed by atoms with van der Waals surface area (Å²) in [4.78, 5) is 22.8. The molecule has 122 valence electrons. The van der Waals surface area contributed by atoms with Crippen LogP contribution in [0.4, 0.5) is 13.2 Å². The average Bonchev–Trinajstić information content (AvgIpc) is 2.45. The lowest BCUT2D eigenvalue weighted by Gasteiger charge is -2.20. The van der Waals surface area contributed by atoms with Gasteiger partial charge in [0.1, 0.15) is 0 Å². The number of hydrogen-bond acceptors (Lipinski definition) is 4. The predicted molar refractivity (Wildman–Crippen MR) is 73.0 cm³/mol. The second kappa shape index (κ2) is 7.46. The van der Waals surface area contributed by atoms with Gasteiger partial charge in [-0.05, 0) is 23.8 Å². The molecule has 22 heavy (non-hydrogen) atoms. The third-order valence-electron chi connectivity index (χ3n) is 2.82. The van der Waals surface area contributed by atoms with Gasteiger partial charge in [0.15, 0.2) is 0 Å². The fourth-order valence-corrected chi connectivity index (χ4v) is 1.98. The number of carbonyl (C=O) groups excluding carboxylic acids is 2. The van der Waals surface area contributed by atoms with Gasteiger partial charge in [-0.3, -0.25) is 9.59 Å². The van der Waals surface area contributed by atoms with E-state index in [1.165, 1.54) is 0 Å². The first-order valence-electron chi connectivity index (χ1n) is 6.12. The highest BCUT2D eigenvalue weighted by atomic mass is 35.5. The first kappa shape index (κ1) is 18.2. The van der Waals surface area contributed by atoms with E-state index in [4.69, 9.17) is 17.3 Å². The van der Waals surface area contributed by atoms with Crippen LogP contribution < -0.4 is 11.1 Å². The van der Waals surface area contributed by atoms with Crippen LogP contribution in [0.25, 0.3) is 0 Å². The van der Waals surface area contributed by atoms with Crippen molar-refractivity contribution in [1.29, 1.82) is 0 Å². The van der Waals surface area contributed by atoms with E-state index in [9.17, 15) is 22.8 Å². The first-order valence-corrected chi connectivity index (χ1v) is 6.49. The number of methoxy groups -OCH3 is 1. The van der Waals surface area contributed by atoms with Crippen LogP contribution in [0.15, 0.2) is 18.2 Å². The van der Waals surface area contributed by atoms with Crippen LogP contribution in [0.3, 0.4) is 0 Å². The maximum Gasteiger partial charge on any atom is 0.416 e. The number of nitrogens with one attached hydrogen (secondary N) is 1. The van der Waals surface area contributed by atoms with Gasteiger partial charge in [0.25, 0.3) is 0 Å². The highest BCUT2D eigenvalue weighted by molar-refractivity contribution is 6.31. The molecule has 0 saturated heterocycles. The minimum atomic E-state index is -4.58. The molecule has 0 radical (unpaired) electrons. The Hall–Kier alpha value is -1.80. The number of esters is 1. The molecule has 0 heterocycles. The lowest BCUT2D eigenvalue weighted by atomic mass is 10.0. The monoisotopic (exact) mass is 338 g/mol. The molecule has 0 spiro atoms. The molecule has 1 amide bonds. The zero-order valence-electron chi connectivity index (χ0n) is 11.5. The van der Waals surface area contributed by atoms with E-state index < -0.39 is 29.7 Å². The standard InChI is InChI=1S/C13H14ClF3N2O3/c1-22-12(21)5-10(19-11(20)6-18)8-4-7(13(15,16)17)2-3-9(8)14/h2-4,10H,5-6,18H2,1H3,(H,19,20)/t10-/m0/s1. The van der Waals surface area contributed by atoms with Crippen molar-refractivity contribution in [1.82, 2.24) is 5.32 Å². The van der Waals surface area contributed by atoms with Crippen molar-refractivity contribution in [2.24, 2.45) is 5.73 Å². The zero-order valence-corrected chi connectivity index (χ0v) is 12.3. The Morgan fingerprint density at radius 1 is 1.41 bits per heavy atom. The number of amides is 1. The number of carbonyl (C=O) groups is 2. The van der Waals surface area contributed by atoms with Gasteiger partial charge in [-0.25, -0.2) is 0 Å². The van der Waals surface area contributed by atoms with Gasteiger partial charge in [-0.2, -0.15) is 13.2 Å². The summed E-state index contributed by atoms with van der Waals surface area (Å²) in [5.74, 6) is -1.35. The van der Waals surface area contributed by atoms with E-state index >= 15 is 0 Å². The fourth-order valence-electron chi connectivity index (χ4n) is 1.73. The van der Waals surface area contributed by atoms with Gasteiger partial charge in [-0.15, -0.1) is 0 Å². The number of hydrogen-bond donors (Lipinski definition) is 2. The second-order valence-corrected chi connectivity index (χ2v) is 4.75. The number of halogens is 4. The number of alkyl halides is 3. The minimum absolute atomic E-state index is 0.0146. The van der Waals surface area contributed by atoms with Crippen molar-refractivity contribution in [3.63, 3.8) is 0 Å². The molecule has 0 fully saturated rings. The van der Waals surface area contributed by atoms with E-state index in [1.807, 2.05) is 0 Å². The van der Waals surface area contributed by atoms with Gasteiger partial charge in [0.05, 0.1) is 31.7 Å². The van der Waals surface area contributed by atoms with E-state index in [0.717, 1.165) is 25.3 Å². The maximum absolute atomic E-state index is 12.8. The van der Waals surface area contributed by atoms with Gasteiger partial charge < -0.3 is 15.8 Å². The molecule has 1 rings (SSSR count). The van der Waals surface area contributed by atoms with Gasteiger partial charge >= 0.3 is 12.1 Å². The van der Waals surface area contributed by atoms with E-state index in [2.05, 4.69) is 10.1 Å². The van der Waals surface area contributed by atoms with Crippen LogP contribution in [0.2, 0.25) is 5.02 Å².